The molecule has 0 aliphatic carbocycles. The molecule has 0 amide bonds. The Morgan fingerprint density at radius 2 is 2.19 bits per heavy atom. The zero-order valence-corrected chi connectivity index (χ0v) is 12.8. The van der Waals surface area contributed by atoms with E-state index in [-0.39, 0.29) is 6.04 Å². The van der Waals surface area contributed by atoms with Crippen LogP contribution in [-0.4, -0.2) is 32.7 Å². The van der Waals surface area contributed by atoms with Crippen LogP contribution in [0.3, 0.4) is 0 Å². The summed E-state index contributed by atoms with van der Waals surface area (Å²) >= 11 is 0. The molecule has 0 spiro atoms. The fourth-order valence-corrected chi connectivity index (χ4v) is 2.65. The van der Waals surface area contributed by atoms with E-state index in [1.807, 2.05) is 42.7 Å². The van der Waals surface area contributed by atoms with Gasteiger partial charge in [-0.05, 0) is 45.4 Å². The average molecular weight is 289 g/mol. The SMILES string of the molecule is CCCNC(C)(CC(C)n1cnc2ccccc21)C(=O)O. The first-order valence-corrected chi connectivity index (χ1v) is 7.38. The maximum Gasteiger partial charge on any atom is 0.323 e. The minimum atomic E-state index is -0.930. The van der Waals surface area contributed by atoms with Gasteiger partial charge in [0.1, 0.15) is 5.54 Å². The predicted octanol–water partition coefficient (Wildman–Crippen LogP) is 2.83. The zero-order chi connectivity index (χ0) is 15.5. The van der Waals surface area contributed by atoms with Crippen LogP contribution >= 0.6 is 0 Å². The topological polar surface area (TPSA) is 67.2 Å². The van der Waals surface area contributed by atoms with E-state index in [0.717, 1.165) is 17.5 Å². The van der Waals surface area contributed by atoms with Crippen LogP contribution in [0.2, 0.25) is 0 Å². The molecule has 5 nitrogen and oxygen atoms in total. The van der Waals surface area contributed by atoms with Crippen LogP contribution in [-0.2, 0) is 4.79 Å². The van der Waals surface area contributed by atoms with Gasteiger partial charge in [0, 0.05) is 6.04 Å². The van der Waals surface area contributed by atoms with E-state index >= 15 is 0 Å². The Hall–Kier alpha value is -1.88. The second-order valence-corrected chi connectivity index (χ2v) is 5.76. The van der Waals surface area contributed by atoms with Crippen molar-refractivity contribution < 1.29 is 9.90 Å². The third-order valence-corrected chi connectivity index (χ3v) is 3.90. The van der Waals surface area contributed by atoms with Gasteiger partial charge in [-0.3, -0.25) is 4.79 Å². The first-order chi connectivity index (χ1) is 9.98. The average Bonchev–Trinajstić information content (AvgIpc) is 2.89. The van der Waals surface area contributed by atoms with E-state index in [2.05, 4.69) is 10.3 Å². The highest BCUT2D eigenvalue weighted by atomic mass is 16.4. The zero-order valence-electron chi connectivity index (χ0n) is 12.8. The van der Waals surface area contributed by atoms with E-state index in [1.54, 1.807) is 13.3 Å². The number of carboxylic acid groups (broad SMARTS) is 1. The minimum Gasteiger partial charge on any atom is -0.480 e. The molecule has 0 aliphatic rings. The first kappa shape index (κ1) is 15.5. The number of nitrogens with zero attached hydrogens (tertiary/aromatic N) is 2. The van der Waals surface area contributed by atoms with E-state index in [9.17, 15) is 9.90 Å². The van der Waals surface area contributed by atoms with Gasteiger partial charge in [0.15, 0.2) is 0 Å². The number of benzene rings is 1. The van der Waals surface area contributed by atoms with Gasteiger partial charge in [0.25, 0.3) is 0 Å². The summed E-state index contributed by atoms with van der Waals surface area (Å²) in [5.41, 5.74) is 1.04. The number of hydrogen-bond acceptors (Lipinski definition) is 3. The molecule has 0 radical (unpaired) electrons. The molecule has 2 rings (SSSR count). The van der Waals surface area contributed by atoms with Crippen molar-refractivity contribution in [3.05, 3.63) is 30.6 Å². The number of hydrogen-bond donors (Lipinski definition) is 2. The molecule has 0 saturated heterocycles. The molecule has 114 valence electrons. The second kappa shape index (κ2) is 6.26. The van der Waals surface area contributed by atoms with Crippen LogP contribution in [0, 0.1) is 0 Å². The van der Waals surface area contributed by atoms with Gasteiger partial charge >= 0.3 is 5.97 Å². The Labute approximate surface area is 125 Å². The Kier molecular flexibility index (Phi) is 4.63. The monoisotopic (exact) mass is 289 g/mol. The van der Waals surface area contributed by atoms with Crippen molar-refractivity contribution in [1.82, 2.24) is 14.9 Å². The molecule has 1 aromatic heterocycles. The van der Waals surface area contributed by atoms with Crippen molar-refractivity contribution in [2.24, 2.45) is 0 Å². The molecular formula is C16H23N3O2. The summed E-state index contributed by atoms with van der Waals surface area (Å²) in [4.78, 5) is 16.0. The highest BCUT2D eigenvalue weighted by Crippen LogP contribution is 2.25. The normalized spacial score (nSPS) is 15.8. The van der Waals surface area contributed by atoms with Crippen molar-refractivity contribution >= 4 is 17.0 Å². The standard InChI is InChI=1S/C16H23N3O2/c1-4-9-18-16(3,15(20)21)10-12(2)19-11-17-13-7-5-6-8-14(13)19/h5-8,11-12,18H,4,9-10H2,1-3H3,(H,20,21). The smallest absolute Gasteiger partial charge is 0.323 e. The van der Waals surface area contributed by atoms with Gasteiger partial charge in [-0.1, -0.05) is 19.1 Å². The lowest BCUT2D eigenvalue weighted by Crippen LogP contribution is -2.50. The lowest BCUT2D eigenvalue weighted by atomic mass is 9.93. The molecule has 0 saturated carbocycles. The molecule has 1 aromatic carbocycles. The van der Waals surface area contributed by atoms with E-state index in [0.29, 0.717) is 13.0 Å². The third-order valence-electron chi connectivity index (χ3n) is 3.90. The van der Waals surface area contributed by atoms with E-state index in [4.69, 9.17) is 0 Å². The summed E-state index contributed by atoms with van der Waals surface area (Å²) in [7, 11) is 0. The summed E-state index contributed by atoms with van der Waals surface area (Å²) in [5, 5.41) is 12.7. The van der Waals surface area contributed by atoms with Crippen LogP contribution in [0.4, 0.5) is 0 Å². The summed E-state index contributed by atoms with van der Waals surface area (Å²) in [6.45, 7) is 6.51. The highest BCUT2D eigenvalue weighted by Gasteiger charge is 2.34. The fraction of sp³-hybridized carbons (Fsp3) is 0.500. The van der Waals surface area contributed by atoms with E-state index < -0.39 is 11.5 Å². The number of carboxylic acids is 1. The molecule has 5 heteroatoms. The summed E-state index contributed by atoms with van der Waals surface area (Å²) < 4.78 is 2.05. The van der Waals surface area contributed by atoms with Gasteiger partial charge in [0.05, 0.1) is 17.4 Å². The molecule has 0 aliphatic heterocycles. The van der Waals surface area contributed by atoms with Crippen molar-refractivity contribution in [3.8, 4) is 0 Å². The maximum atomic E-state index is 11.6. The lowest BCUT2D eigenvalue weighted by Gasteiger charge is -2.30. The van der Waals surface area contributed by atoms with Crippen LogP contribution in [0.5, 0.6) is 0 Å². The molecule has 1 heterocycles. The van der Waals surface area contributed by atoms with Gasteiger partial charge in [-0.2, -0.15) is 0 Å². The Morgan fingerprint density at radius 1 is 1.48 bits per heavy atom. The Morgan fingerprint density at radius 3 is 2.86 bits per heavy atom. The minimum absolute atomic E-state index is 0.0443. The van der Waals surface area contributed by atoms with Crippen molar-refractivity contribution in [2.75, 3.05) is 6.54 Å². The Bertz CT molecular complexity index is 623. The van der Waals surface area contributed by atoms with Gasteiger partial charge in [-0.25, -0.2) is 4.98 Å². The summed E-state index contributed by atoms with van der Waals surface area (Å²) in [5.74, 6) is -0.813. The van der Waals surface area contributed by atoms with Crippen molar-refractivity contribution in [1.29, 1.82) is 0 Å². The van der Waals surface area contributed by atoms with Crippen molar-refractivity contribution in [2.45, 2.75) is 45.2 Å². The number of rotatable bonds is 7. The number of aromatic nitrogens is 2. The first-order valence-electron chi connectivity index (χ1n) is 7.38. The molecule has 0 bridgehead atoms. The predicted molar refractivity (Wildman–Crippen MR) is 83.4 cm³/mol. The molecule has 2 aromatic rings. The Balaban J connectivity index is 2.22. The number of para-hydroxylation sites is 2. The number of fused-ring (bicyclic) bond motifs is 1. The molecule has 2 atom stereocenters. The lowest BCUT2D eigenvalue weighted by molar-refractivity contribution is -0.144. The van der Waals surface area contributed by atoms with Gasteiger partial charge in [0.2, 0.25) is 0 Å². The molecule has 2 unspecified atom stereocenters. The number of aliphatic carboxylic acids is 1. The molecular weight excluding hydrogens is 266 g/mol. The third kappa shape index (κ3) is 3.24. The van der Waals surface area contributed by atoms with Crippen LogP contribution in [0.15, 0.2) is 30.6 Å². The number of imidazole rings is 1. The summed E-state index contributed by atoms with van der Waals surface area (Å²) in [6.07, 6.45) is 3.20. The van der Waals surface area contributed by atoms with Crippen LogP contribution < -0.4 is 5.32 Å². The van der Waals surface area contributed by atoms with Crippen LogP contribution in [0.1, 0.15) is 39.7 Å². The highest BCUT2D eigenvalue weighted by molar-refractivity contribution is 5.78. The molecule has 0 fully saturated rings. The van der Waals surface area contributed by atoms with Gasteiger partial charge < -0.3 is 15.0 Å². The van der Waals surface area contributed by atoms with Crippen LogP contribution in [0.25, 0.3) is 11.0 Å². The number of carbonyl (C=O) groups is 1. The van der Waals surface area contributed by atoms with Crippen molar-refractivity contribution in [3.63, 3.8) is 0 Å². The van der Waals surface area contributed by atoms with E-state index in [1.165, 1.54) is 0 Å². The van der Waals surface area contributed by atoms with Gasteiger partial charge in [-0.15, -0.1) is 0 Å². The largest absolute Gasteiger partial charge is 0.480 e. The summed E-state index contributed by atoms with van der Waals surface area (Å²) in [6, 6.07) is 7.94. The fourth-order valence-electron chi connectivity index (χ4n) is 2.65. The molecule has 2 N–H and O–H groups in total. The number of nitrogens with one attached hydrogen (secondary N) is 1. The molecule has 21 heavy (non-hydrogen) atoms. The maximum absolute atomic E-state index is 11.6. The quantitative estimate of drug-likeness (QED) is 0.822. The second-order valence-electron chi connectivity index (χ2n) is 5.76.